The smallest absolute Gasteiger partial charge is 0.394 e. The van der Waals surface area contributed by atoms with Crippen LogP contribution in [0.4, 0.5) is 0 Å². The first-order chi connectivity index (χ1) is 10.2. The molecule has 0 aliphatic heterocycles. The van der Waals surface area contributed by atoms with E-state index in [0.29, 0.717) is 6.61 Å². The van der Waals surface area contributed by atoms with Crippen molar-refractivity contribution >= 4 is 8.60 Å². The number of benzene rings is 1. The predicted molar refractivity (Wildman–Crippen MR) is 99.0 cm³/mol. The maximum atomic E-state index is 10.3. The van der Waals surface area contributed by atoms with Gasteiger partial charge in [0, 0.05) is 11.1 Å². The van der Waals surface area contributed by atoms with Crippen LogP contribution in [0.25, 0.3) is 0 Å². The second kappa shape index (κ2) is 7.09. The van der Waals surface area contributed by atoms with Crippen molar-refractivity contribution in [1.29, 1.82) is 0 Å². The molecule has 1 N–H and O–H groups in total. The zero-order chi connectivity index (χ0) is 18.1. The van der Waals surface area contributed by atoms with Crippen LogP contribution < -0.4 is 4.52 Å². The summed E-state index contributed by atoms with van der Waals surface area (Å²) in [5.41, 5.74) is 2.02. The van der Waals surface area contributed by atoms with Crippen LogP contribution in [0.3, 0.4) is 0 Å². The molecule has 0 aliphatic carbocycles. The Morgan fingerprint density at radius 1 is 0.870 bits per heavy atom. The third-order valence-electron chi connectivity index (χ3n) is 3.41. The summed E-state index contributed by atoms with van der Waals surface area (Å²) in [7, 11) is -1.95. The van der Waals surface area contributed by atoms with Crippen molar-refractivity contribution in [3.63, 3.8) is 0 Å². The Balaban J connectivity index is 3.16. The van der Waals surface area contributed by atoms with Crippen molar-refractivity contribution in [3.05, 3.63) is 29.3 Å². The molecule has 1 atom stereocenters. The van der Waals surface area contributed by atoms with Crippen molar-refractivity contribution in [3.8, 4) is 5.75 Å². The fraction of sp³-hybridized carbons (Fsp3) is 0.684. The minimum Gasteiger partial charge on any atom is -0.426 e. The van der Waals surface area contributed by atoms with Crippen LogP contribution in [0.2, 0.25) is 0 Å². The molecule has 4 heteroatoms. The summed E-state index contributed by atoms with van der Waals surface area (Å²) in [6, 6.07) is 6.19. The summed E-state index contributed by atoms with van der Waals surface area (Å²) in [5, 5.41) is 0. The molecule has 1 aromatic rings. The Morgan fingerprint density at radius 3 is 1.65 bits per heavy atom. The summed E-state index contributed by atoms with van der Waals surface area (Å²) in [5.74, 6) is 0.759. The van der Waals surface area contributed by atoms with Crippen LogP contribution in [0.1, 0.15) is 73.4 Å². The van der Waals surface area contributed by atoms with Gasteiger partial charge in [0.25, 0.3) is 0 Å². The minimum absolute atomic E-state index is 0.0108. The van der Waals surface area contributed by atoms with Gasteiger partial charge in [0.1, 0.15) is 5.75 Å². The van der Waals surface area contributed by atoms with Gasteiger partial charge < -0.3 is 13.9 Å². The highest BCUT2D eigenvalue weighted by Crippen LogP contribution is 2.46. The molecule has 0 aliphatic rings. The largest absolute Gasteiger partial charge is 0.426 e. The van der Waals surface area contributed by atoms with Gasteiger partial charge in [-0.15, -0.1) is 0 Å². The molecule has 3 nitrogen and oxygen atoms in total. The third-order valence-corrected chi connectivity index (χ3v) is 4.10. The van der Waals surface area contributed by atoms with Gasteiger partial charge in [-0.2, -0.15) is 0 Å². The number of rotatable bonds is 4. The van der Waals surface area contributed by atoms with Crippen LogP contribution in [0.15, 0.2) is 18.2 Å². The highest BCUT2D eigenvalue weighted by atomic mass is 31.2. The number of para-hydroxylation sites is 1. The maximum Gasteiger partial charge on any atom is 0.394 e. The van der Waals surface area contributed by atoms with Gasteiger partial charge >= 0.3 is 8.60 Å². The molecule has 0 heterocycles. The van der Waals surface area contributed by atoms with Gasteiger partial charge in [0.2, 0.25) is 0 Å². The van der Waals surface area contributed by atoms with E-state index in [2.05, 4.69) is 80.5 Å². The quantitative estimate of drug-likeness (QED) is 0.689. The normalized spacial score (nSPS) is 14.7. The van der Waals surface area contributed by atoms with Crippen LogP contribution in [0, 0.1) is 5.41 Å². The van der Waals surface area contributed by atoms with E-state index in [1.165, 1.54) is 0 Å². The van der Waals surface area contributed by atoms with E-state index < -0.39 is 8.60 Å². The van der Waals surface area contributed by atoms with Crippen LogP contribution in [-0.2, 0) is 15.4 Å². The Labute approximate surface area is 143 Å². The van der Waals surface area contributed by atoms with Gasteiger partial charge in [0.15, 0.2) is 0 Å². The lowest BCUT2D eigenvalue weighted by molar-refractivity contribution is 0.174. The molecule has 0 bridgehead atoms. The van der Waals surface area contributed by atoms with E-state index in [1.54, 1.807) is 0 Å². The molecule has 23 heavy (non-hydrogen) atoms. The molecule has 0 aromatic heterocycles. The molecule has 1 aromatic carbocycles. The fourth-order valence-corrected chi connectivity index (χ4v) is 3.07. The SMILES string of the molecule is CC(C)(C)COP(O)Oc1c(C(C)(C)C)cccc1C(C)(C)C. The summed E-state index contributed by atoms with van der Waals surface area (Å²) in [6.07, 6.45) is 0. The van der Waals surface area contributed by atoms with Crippen molar-refractivity contribution < 1.29 is 13.9 Å². The Kier molecular flexibility index (Phi) is 6.29. The molecule has 0 fully saturated rings. The fourth-order valence-electron chi connectivity index (χ4n) is 2.17. The molecule has 1 unspecified atom stereocenters. The number of hydrogen-bond donors (Lipinski definition) is 1. The second-order valence-corrected chi connectivity index (χ2v) is 10.3. The van der Waals surface area contributed by atoms with Crippen LogP contribution >= 0.6 is 8.60 Å². The van der Waals surface area contributed by atoms with Crippen molar-refractivity contribution in [1.82, 2.24) is 0 Å². The van der Waals surface area contributed by atoms with E-state index in [4.69, 9.17) is 9.05 Å². The highest BCUT2D eigenvalue weighted by Gasteiger charge is 2.29. The summed E-state index contributed by atoms with van der Waals surface area (Å²) in [4.78, 5) is 10.3. The van der Waals surface area contributed by atoms with Gasteiger partial charge in [-0.3, -0.25) is 0 Å². The Hall–Kier alpha value is -0.630. The van der Waals surface area contributed by atoms with E-state index in [1.807, 2.05) is 0 Å². The van der Waals surface area contributed by atoms with Gasteiger partial charge in [-0.25, -0.2) is 0 Å². The molecule has 0 saturated heterocycles. The first-order valence-electron chi connectivity index (χ1n) is 8.16. The third kappa shape index (κ3) is 6.41. The predicted octanol–water partition coefficient (Wildman–Crippen LogP) is 5.94. The molecule has 0 spiro atoms. The first-order valence-corrected chi connectivity index (χ1v) is 9.29. The zero-order valence-corrected chi connectivity index (χ0v) is 17.0. The lowest BCUT2D eigenvalue weighted by Gasteiger charge is -2.30. The van der Waals surface area contributed by atoms with Crippen molar-refractivity contribution in [2.75, 3.05) is 6.61 Å². The standard InChI is InChI=1S/C19H33O3P/c1-17(2,3)13-21-23(20)22-16-14(18(4,5)6)11-10-12-15(16)19(7,8)9/h10-12,20H,13H2,1-9H3. The van der Waals surface area contributed by atoms with E-state index in [-0.39, 0.29) is 16.2 Å². The van der Waals surface area contributed by atoms with Gasteiger partial charge in [-0.05, 0) is 16.2 Å². The van der Waals surface area contributed by atoms with Gasteiger partial charge in [-0.1, -0.05) is 80.5 Å². The molecule has 1 rings (SSSR count). The minimum atomic E-state index is -1.95. The topological polar surface area (TPSA) is 38.7 Å². The average Bonchev–Trinajstić information content (AvgIpc) is 2.33. The molecular formula is C19H33O3P. The van der Waals surface area contributed by atoms with Crippen LogP contribution in [0.5, 0.6) is 5.75 Å². The van der Waals surface area contributed by atoms with Crippen LogP contribution in [-0.4, -0.2) is 11.5 Å². The average molecular weight is 340 g/mol. The molecular weight excluding hydrogens is 307 g/mol. The summed E-state index contributed by atoms with van der Waals surface area (Å²) >= 11 is 0. The second-order valence-electron chi connectivity index (χ2n) is 9.35. The summed E-state index contributed by atoms with van der Waals surface area (Å²) < 4.78 is 11.5. The molecule has 0 radical (unpaired) electrons. The highest BCUT2D eigenvalue weighted by molar-refractivity contribution is 7.41. The van der Waals surface area contributed by atoms with E-state index in [0.717, 1.165) is 16.9 Å². The van der Waals surface area contributed by atoms with E-state index >= 15 is 0 Å². The molecule has 132 valence electrons. The Bertz CT molecular complexity index is 487. The van der Waals surface area contributed by atoms with Gasteiger partial charge in [0.05, 0.1) is 6.61 Å². The Morgan fingerprint density at radius 2 is 1.30 bits per heavy atom. The lowest BCUT2D eigenvalue weighted by atomic mass is 9.80. The van der Waals surface area contributed by atoms with Crippen molar-refractivity contribution in [2.45, 2.75) is 73.1 Å². The molecule has 0 amide bonds. The first kappa shape index (κ1) is 20.4. The lowest BCUT2D eigenvalue weighted by Crippen LogP contribution is -2.19. The zero-order valence-electron chi connectivity index (χ0n) is 16.2. The summed E-state index contributed by atoms with van der Waals surface area (Å²) in [6.45, 7) is 19.6. The molecule has 0 saturated carbocycles. The maximum absolute atomic E-state index is 10.3. The van der Waals surface area contributed by atoms with Crippen molar-refractivity contribution in [2.24, 2.45) is 5.41 Å². The number of hydrogen-bond acceptors (Lipinski definition) is 3. The van der Waals surface area contributed by atoms with E-state index in [9.17, 15) is 4.89 Å². The monoisotopic (exact) mass is 340 g/mol.